The number of hydrogen-bond donors (Lipinski definition) is 1. The monoisotopic (exact) mass is 360 g/mol. The van der Waals surface area contributed by atoms with Crippen LogP contribution in [0.25, 0.3) is 0 Å². The van der Waals surface area contributed by atoms with Crippen LogP contribution in [-0.2, 0) is 13.0 Å². The lowest BCUT2D eigenvalue weighted by atomic mass is 10.1. The molecular weight excluding hydrogens is 328 g/mol. The number of imidazole rings is 1. The molecule has 2 aromatic rings. The molecule has 0 unspecified atom stereocenters. The van der Waals surface area contributed by atoms with E-state index in [0.717, 1.165) is 31.6 Å². The molecule has 1 aromatic heterocycles. The maximum atomic E-state index is 9.23. The molecule has 0 amide bonds. The second-order valence-electron chi connectivity index (χ2n) is 7.13. The highest BCUT2D eigenvalue weighted by Crippen LogP contribution is 2.36. The van der Waals surface area contributed by atoms with Gasteiger partial charge in [-0.15, -0.1) is 0 Å². The molecule has 0 saturated heterocycles. The molecule has 4 heteroatoms. The predicted octanol–water partition coefficient (Wildman–Crippen LogP) is 5.50. The summed E-state index contributed by atoms with van der Waals surface area (Å²) in [6.07, 6.45) is 3.93. The van der Waals surface area contributed by atoms with Gasteiger partial charge >= 0.3 is 0 Å². The Hall–Kier alpha value is -1.26. The van der Waals surface area contributed by atoms with E-state index in [1.54, 1.807) is 0 Å². The molecule has 138 valence electrons. The fourth-order valence-electron chi connectivity index (χ4n) is 3.06. The van der Waals surface area contributed by atoms with Crippen molar-refractivity contribution < 1.29 is 5.11 Å². The van der Waals surface area contributed by atoms with Crippen LogP contribution in [0.3, 0.4) is 0 Å². The highest BCUT2D eigenvalue weighted by molar-refractivity contribution is 7.99. The first kappa shape index (κ1) is 20.1. The number of nitrogens with zero attached hydrogens (tertiary/aromatic N) is 2. The van der Waals surface area contributed by atoms with Crippen LogP contribution < -0.4 is 0 Å². The average molecular weight is 361 g/mol. The molecule has 0 spiro atoms. The van der Waals surface area contributed by atoms with Crippen LogP contribution in [0.2, 0.25) is 0 Å². The van der Waals surface area contributed by atoms with Gasteiger partial charge in [0, 0.05) is 24.5 Å². The molecule has 0 radical (unpaired) electrons. The van der Waals surface area contributed by atoms with E-state index in [9.17, 15) is 5.11 Å². The summed E-state index contributed by atoms with van der Waals surface area (Å²) in [5, 5.41) is 10.5. The number of unbranched alkanes of at least 4 members (excludes halogenated alkanes) is 1. The Morgan fingerprint density at radius 3 is 2.36 bits per heavy atom. The predicted molar refractivity (Wildman–Crippen MR) is 107 cm³/mol. The fourth-order valence-corrected chi connectivity index (χ4v) is 4.47. The van der Waals surface area contributed by atoms with Crippen molar-refractivity contribution in [2.75, 3.05) is 6.61 Å². The van der Waals surface area contributed by atoms with Gasteiger partial charge in [-0.3, -0.25) is 0 Å². The van der Waals surface area contributed by atoms with Gasteiger partial charge in [0.2, 0.25) is 0 Å². The molecule has 0 aliphatic heterocycles. The molecule has 1 heterocycles. The number of aryl methyl sites for hydroxylation is 3. The summed E-state index contributed by atoms with van der Waals surface area (Å²) >= 11 is 1.84. The van der Waals surface area contributed by atoms with E-state index in [-0.39, 0.29) is 6.61 Å². The van der Waals surface area contributed by atoms with E-state index >= 15 is 0 Å². The molecule has 0 aliphatic carbocycles. The van der Waals surface area contributed by atoms with Crippen molar-refractivity contribution >= 4 is 11.8 Å². The molecule has 0 bridgehead atoms. The average Bonchev–Trinajstić information content (AvgIpc) is 2.87. The third kappa shape index (κ3) is 5.35. The van der Waals surface area contributed by atoms with Crippen LogP contribution in [0, 0.1) is 13.8 Å². The molecular formula is C21H32N2OS. The maximum Gasteiger partial charge on any atom is 0.109 e. The molecule has 0 fully saturated rings. The van der Waals surface area contributed by atoms with Gasteiger partial charge in [0.05, 0.1) is 5.69 Å². The first-order valence-corrected chi connectivity index (χ1v) is 10.2. The number of aromatic nitrogens is 2. The summed E-state index contributed by atoms with van der Waals surface area (Å²) in [7, 11) is 0. The zero-order chi connectivity index (χ0) is 18.4. The van der Waals surface area contributed by atoms with E-state index in [1.807, 2.05) is 11.8 Å². The van der Waals surface area contributed by atoms with E-state index in [4.69, 9.17) is 4.98 Å². The number of aliphatic hydroxyl groups is 1. The zero-order valence-corrected chi connectivity index (χ0v) is 17.1. The second-order valence-corrected chi connectivity index (χ2v) is 8.19. The van der Waals surface area contributed by atoms with Crippen molar-refractivity contribution in [3.05, 3.63) is 40.8 Å². The van der Waals surface area contributed by atoms with E-state index in [0.29, 0.717) is 5.92 Å². The number of benzene rings is 1. The molecule has 1 N–H and O–H groups in total. The third-order valence-electron chi connectivity index (χ3n) is 4.28. The summed E-state index contributed by atoms with van der Waals surface area (Å²) in [5.74, 6) is 1.52. The molecule has 0 aliphatic rings. The van der Waals surface area contributed by atoms with E-state index < -0.39 is 0 Å². The number of hydrogen-bond acceptors (Lipinski definition) is 3. The lowest BCUT2D eigenvalue weighted by Crippen LogP contribution is -2.06. The first-order chi connectivity index (χ1) is 12.0. The summed E-state index contributed by atoms with van der Waals surface area (Å²) in [4.78, 5) is 6.26. The van der Waals surface area contributed by atoms with Gasteiger partial charge in [0.25, 0.3) is 0 Å². The van der Waals surface area contributed by atoms with E-state index in [2.05, 4.69) is 57.4 Å². The Bertz CT molecular complexity index is 671. The molecule has 3 nitrogen and oxygen atoms in total. The van der Waals surface area contributed by atoms with Crippen molar-refractivity contribution in [2.45, 2.75) is 82.7 Å². The summed E-state index contributed by atoms with van der Waals surface area (Å²) in [6, 6.07) is 6.73. The fraction of sp³-hybridized carbons (Fsp3) is 0.571. The van der Waals surface area contributed by atoms with Crippen molar-refractivity contribution in [1.82, 2.24) is 9.55 Å². The Labute approximate surface area is 156 Å². The van der Waals surface area contributed by atoms with Gasteiger partial charge in [0.15, 0.2) is 0 Å². The largest absolute Gasteiger partial charge is 0.396 e. The second kappa shape index (κ2) is 9.44. The van der Waals surface area contributed by atoms with Gasteiger partial charge < -0.3 is 9.67 Å². The van der Waals surface area contributed by atoms with Crippen LogP contribution in [0.15, 0.2) is 28.1 Å². The third-order valence-corrected chi connectivity index (χ3v) is 5.37. The number of rotatable bonds is 9. The molecule has 0 atom stereocenters. The SMILES string of the molecule is CCCCn1c(CCCO)nc(C(C)C)c1Sc1cc(C)cc(C)c1. The molecule has 0 saturated carbocycles. The highest BCUT2D eigenvalue weighted by Gasteiger charge is 2.20. The quantitative estimate of drug-likeness (QED) is 0.641. The number of aliphatic hydroxyl groups excluding tert-OH is 1. The maximum absolute atomic E-state index is 9.23. The summed E-state index contributed by atoms with van der Waals surface area (Å²) < 4.78 is 2.40. The molecule has 2 rings (SSSR count). The first-order valence-electron chi connectivity index (χ1n) is 9.42. The standard InChI is InChI=1S/C21H32N2OS/c1-6-7-10-23-19(9-8-11-24)22-20(15(2)3)21(23)25-18-13-16(4)12-17(5)14-18/h12-15,24H,6-11H2,1-5H3. The van der Waals surface area contributed by atoms with E-state index in [1.165, 1.54) is 33.2 Å². The van der Waals surface area contributed by atoms with Crippen molar-refractivity contribution in [3.8, 4) is 0 Å². The van der Waals surface area contributed by atoms with Gasteiger partial charge in [-0.1, -0.05) is 45.0 Å². The zero-order valence-electron chi connectivity index (χ0n) is 16.3. The van der Waals surface area contributed by atoms with Gasteiger partial charge in [0.1, 0.15) is 10.9 Å². The smallest absolute Gasteiger partial charge is 0.109 e. The Morgan fingerprint density at radius 2 is 1.80 bits per heavy atom. The lowest BCUT2D eigenvalue weighted by molar-refractivity contribution is 0.286. The summed E-state index contributed by atoms with van der Waals surface area (Å²) in [5.41, 5.74) is 3.79. The van der Waals surface area contributed by atoms with Crippen LogP contribution >= 0.6 is 11.8 Å². The van der Waals surface area contributed by atoms with Crippen molar-refractivity contribution in [3.63, 3.8) is 0 Å². The molecule has 1 aromatic carbocycles. The van der Waals surface area contributed by atoms with Crippen LogP contribution in [0.5, 0.6) is 0 Å². The summed E-state index contributed by atoms with van der Waals surface area (Å²) in [6.45, 7) is 12.2. The minimum absolute atomic E-state index is 0.219. The normalized spacial score (nSPS) is 11.5. The van der Waals surface area contributed by atoms with Crippen LogP contribution in [0.1, 0.15) is 68.6 Å². The van der Waals surface area contributed by atoms with Crippen molar-refractivity contribution in [2.24, 2.45) is 0 Å². The minimum Gasteiger partial charge on any atom is -0.396 e. The molecule has 25 heavy (non-hydrogen) atoms. The van der Waals surface area contributed by atoms with Crippen molar-refractivity contribution in [1.29, 1.82) is 0 Å². The topological polar surface area (TPSA) is 38.0 Å². The minimum atomic E-state index is 0.219. The Balaban J connectivity index is 2.45. The Kier molecular flexibility index (Phi) is 7.57. The Morgan fingerprint density at radius 1 is 1.12 bits per heavy atom. The highest BCUT2D eigenvalue weighted by atomic mass is 32.2. The van der Waals surface area contributed by atoms with Crippen LogP contribution in [-0.4, -0.2) is 21.3 Å². The van der Waals surface area contributed by atoms with Gasteiger partial charge in [-0.05, 0) is 55.9 Å². The van der Waals surface area contributed by atoms with Gasteiger partial charge in [-0.2, -0.15) is 0 Å². The van der Waals surface area contributed by atoms with Gasteiger partial charge in [-0.25, -0.2) is 4.98 Å². The lowest BCUT2D eigenvalue weighted by Gasteiger charge is -2.13. The van der Waals surface area contributed by atoms with Crippen LogP contribution in [0.4, 0.5) is 0 Å².